The zero-order chi connectivity index (χ0) is 25.3. The first-order valence-corrected chi connectivity index (χ1v) is 13.4. The Balaban J connectivity index is 1.56. The highest BCUT2D eigenvalue weighted by atomic mass is 16.5. The number of para-hydroxylation sites is 1. The van der Waals surface area contributed by atoms with Crippen molar-refractivity contribution >= 4 is 17.9 Å². The largest absolute Gasteiger partial charge is 0.496 e. The van der Waals surface area contributed by atoms with Crippen molar-refractivity contribution in [2.45, 2.75) is 59.3 Å². The first-order valence-electron chi connectivity index (χ1n) is 13.4. The summed E-state index contributed by atoms with van der Waals surface area (Å²) >= 11 is 0. The van der Waals surface area contributed by atoms with E-state index in [9.17, 15) is 9.59 Å². The summed E-state index contributed by atoms with van der Waals surface area (Å²) in [5, 5.41) is 0. The zero-order valence-corrected chi connectivity index (χ0v) is 22.3. The second-order valence-electron chi connectivity index (χ2n) is 11.2. The van der Waals surface area contributed by atoms with E-state index in [-0.39, 0.29) is 17.2 Å². The molecule has 2 fully saturated rings. The normalized spacial score (nSPS) is 18.1. The minimum Gasteiger partial charge on any atom is -0.496 e. The Morgan fingerprint density at radius 1 is 1.06 bits per heavy atom. The van der Waals surface area contributed by atoms with E-state index in [1.54, 1.807) is 7.11 Å². The van der Waals surface area contributed by atoms with E-state index in [2.05, 4.69) is 37.8 Å². The molecule has 1 aromatic rings. The van der Waals surface area contributed by atoms with Gasteiger partial charge in [0.25, 0.3) is 0 Å². The molecule has 0 unspecified atom stereocenters. The minimum atomic E-state index is 0.0193. The van der Waals surface area contributed by atoms with E-state index in [1.807, 2.05) is 34.1 Å². The third kappa shape index (κ3) is 8.68. The zero-order valence-electron chi connectivity index (χ0n) is 22.3. The monoisotopic (exact) mass is 483 g/mol. The van der Waals surface area contributed by atoms with Gasteiger partial charge in [0.15, 0.2) is 0 Å². The predicted octanol–water partition coefficient (Wildman–Crippen LogP) is 4.70. The van der Waals surface area contributed by atoms with Crippen molar-refractivity contribution in [2.24, 2.45) is 11.3 Å². The third-order valence-corrected chi connectivity index (χ3v) is 7.12. The molecule has 1 aliphatic heterocycles. The first kappa shape index (κ1) is 27.3. The number of carbonyl (C=O) groups is 2. The van der Waals surface area contributed by atoms with Crippen LogP contribution in [0.4, 0.5) is 0 Å². The maximum atomic E-state index is 13.4. The molecule has 35 heavy (non-hydrogen) atoms. The Bertz CT molecular complexity index is 847. The van der Waals surface area contributed by atoms with Crippen molar-refractivity contribution in [3.63, 3.8) is 0 Å². The van der Waals surface area contributed by atoms with Gasteiger partial charge >= 0.3 is 0 Å². The van der Waals surface area contributed by atoms with Crippen LogP contribution in [-0.2, 0) is 9.59 Å². The molecular formula is C29H45N3O3. The van der Waals surface area contributed by atoms with Crippen molar-refractivity contribution in [3.05, 3.63) is 35.9 Å². The lowest BCUT2D eigenvalue weighted by molar-refractivity contribution is -0.136. The molecule has 1 saturated heterocycles. The van der Waals surface area contributed by atoms with Crippen LogP contribution in [-0.4, -0.2) is 79.4 Å². The van der Waals surface area contributed by atoms with Crippen LogP contribution >= 0.6 is 0 Å². The Hall–Kier alpha value is -2.34. The number of hydrogen-bond acceptors (Lipinski definition) is 4. The molecule has 0 N–H and O–H groups in total. The number of benzene rings is 1. The lowest BCUT2D eigenvalue weighted by atomic mass is 9.88. The lowest BCUT2D eigenvalue weighted by Gasteiger charge is -2.37. The summed E-state index contributed by atoms with van der Waals surface area (Å²) < 4.78 is 5.46. The summed E-state index contributed by atoms with van der Waals surface area (Å²) in [5.41, 5.74) is 1.04. The van der Waals surface area contributed by atoms with E-state index in [0.717, 1.165) is 76.3 Å². The Labute approximate surface area is 212 Å². The van der Waals surface area contributed by atoms with Gasteiger partial charge in [-0.3, -0.25) is 14.5 Å². The highest BCUT2D eigenvalue weighted by Gasteiger charge is 2.27. The summed E-state index contributed by atoms with van der Waals surface area (Å²) in [4.78, 5) is 32.4. The Morgan fingerprint density at radius 3 is 2.40 bits per heavy atom. The fraction of sp³-hybridized carbons (Fsp3) is 0.655. The number of amides is 2. The van der Waals surface area contributed by atoms with Crippen LogP contribution in [0.1, 0.15) is 64.9 Å². The van der Waals surface area contributed by atoms with Crippen molar-refractivity contribution < 1.29 is 14.3 Å². The van der Waals surface area contributed by atoms with E-state index in [1.165, 1.54) is 6.42 Å². The summed E-state index contributed by atoms with van der Waals surface area (Å²) in [6.45, 7) is 11.8. The van der Waals surface area contributed by atoms with E-state index >= 15 is 0 Å². The van der Waals surface area contributed by atoms with Crippen LogP contribution in [0.3, 0.4) is 0 Å². The van der Waals surface area contributed by atoms with Gasteiger partial charge in [0.2, 0.25) is 11.8 Å². The highest BCUT2D eigenvalue weighted by molar-refractivity contribution is 5.79. The summed E-state index contributed by atoms with van der Waals surface area (Å²) in [5.74, 6) is 1.56. The Kier molecular flexibility index (Phi) is 10.2. The van der Waals surface area contributed by atoms with Gasteiger partial charge in [0, 0.05) is 63.7 Å². The summed E-state index contributed by atoms with van der Waals surface area (Å²) in [6, 6.07) is 7.95. The molecular weight excluding hydrogens is 438 g/mol. The number of carbonyl (C=O) groups excluding carboxylic acids is 2. The Morgan fingerprint density at radius 2 is 1.74 bits per heavy atom. The van der Waals surface area contributed by atoms with E-state index in [4.69, 9.17) is 4.74 Å². The summed E-state index contributed by atoms with van der Waals surface area (Å²) in [6.07, 6.45) is 10.3. The van der Waals surface area contributed by atoms with Gasteiger partial charge in [-0.25, -0.2) is 0 Å². The van der Waals surface area contributed by atoms with Gasteiger partial charge in [-0.05, 0) is 24.3 Å². The van der Waals surface area contributed by atoms with Gasteiger partial charge in [0.1, 0.15) is 5.75 Å². The molecule has 1 saturated carbocycles. The van der Waals surface area contributed by atoms with Gasteiger partial charge < -0.3 is 14.5 Å². The maximum Gasteiger partial charge on any atom is 0.226 e. The molecule has 6 heteroatoms. The molecule has 6 nitrogen and oxygen atoms in total. The maximum absolute atomic E-state index is 13.4. The number of methoxy groups -OCH3 is 1. The number of piperazine rings is 1. The molecule has 1 aliphatic carbocycles. The topological polar surface area (TPSA) is 53.1 Å². The van der Waals surface area contributed by atoms with E-state index in [0.29, 0.717) is 18.9 Å². The first-order chi connectivity index (χ1) is 16.8. The average molecular weight is 484 g/mol. The quantitative estimate of drug-likeness (QED) is 0.511. The second-order valence-corrected chi connectivity index (χ2v) is 11.2. The SMILES string of the molecule is COc1ccccc1/C=C/CN(CCN1CCN(C(=O)CC(C)(C)C)CC1)C(=O)C1CCCCC1. The lowest BCUT2D eigenvalue weighted by Crippen LogP contribution is -2.51. The van der Waals surface area contributed by atoms with Gasteiger partial charge in [-0.2, -0.15) is 0 Å². The van der Waals surface area contributed by atoms with Gasteiger partial charge in [-0.15, -0.1) is 0 Å². The van der Waals surface area contributed by atoms with Crippen LogP contribution in [0.15, 0.2) is 30.3 Å². The smallest absolute Gasteiger partial charge is 0.226 e. The molecule has 1 aromatic carbocycles. The average Bonchev–Trinajstić information content (AvgIpc) is 2.85. The molecule has 0 spiro atoms. The molecule has 0 radical (unpaired) electrons. The van der Waals surface area contributed by atoms with Crippen LogP contribution in [0.2, 0.25) is 0 Å². The highest BCUT2D eigenvalue weighted by Crippen LogP contribution is 2.26. The third-order valence-electron chi connectivity index (χ3n) is 7.12. The molecule has 194 valence electrons. The fourth-order valence-corrected chi connectivity index (χ4v) is 5.06. The number of rotatable bonds is 9. The van der Waals surface area contributed by atoms with Gasteiger partial charge in [0.05, 0.1) is 7.11 Å². The molecule has 3 rings (SSSR count). The van der Waals surface area contributed by atoms with Crippen LogP contribution < -0.4 is 4.74 Å². The molecule has 2 aliphatic rings. The van der Waals surface area contributed by atoms with Crippen LogP contribution in [0.5, 0.6) is 5.75 Å². The number of hydrogen-bond donors (Lipinski definition) is 0. The molecule has 2 amide bonds. The number of nitrogens with zero attached hydrogens (tertiary/aromatic N) is 3. The van der Waals surface area contributed by atoms with Gasteiger partial charge in [-0.1, -0.05) is 70.4 Å². The van der Waals surface area contributed by atoms with Crippen molar-refractivity contribution in [3.8, 4) is 5.75 Å². The molecule has 1 heterocycles. The molecule has 0 atom stereocenters. The molecule has 0 bridgehead atoms. The van der Waals surface area contributed by atoms with Crippen molar-refractivity contribution in [1.82, 2.24) is 14.7 Å². The number of ether oxygens (including phenoxy) is 1. The van der Waals surface area contributed by atoms with Crippen molar-refractivity contribution in [2.75, 3.05) is 52.9 Å². The summed E-state index contributed by atoms with van der Waals surface area (Å²) in [7, 11) is 1.68. The van der Waals surface area contributed by atoms with Crippen molar-refractivity contribution in [1.29, 1.82) is 0 Å². The standard InChI is InChI=1S/C29H45N3O3/c1-29(2,3)23-27(33)31-20-17-30(18-21-31)19-22-32(28(34)25-12-6-5-7-13-25)16-10-14-24-11-8-9-15-26(24)35-4/h8-11,14-15,25H,5-7,12-13,16-23H2,1-4H3/b14-10+. The van der Waals surface area contributed by atoms with E-state index < -0.39 is 0 Å². The predicted molar refractivity (Wildman–Crippen MR) is 142 cm³/mol. The fourth-order valence-electron chi connectivity index (χ4n) is 5.06. The molecule has 0 aromatic heterocycles. The van der Waals surface area contributed by atoms with Crippen LogP contribution in [0.25, 0.3) is 6.08 Å². The second kappa shape index (κ2) is 13.1. The minimum absolute atomic E-state index is 0.0193. The van der Waals surface area contributed by atoms with Crippen LogP contribution in [0, 0.1) is 11.3 Å².